The van der Waals surface area contributed by atoms with E-state index in [1.54, 1.807) is 13.8 Å². The number of nitrogens with one attached hydrogen (secondary N) is 2. The third kappa shape index (κ3) is 3.63. The van der Waals surface area contributed by atoms with Gasteiger partial charge in [-0.25, -0.2) is 4.98 Å². The quantitative estimate of drug-likeness (QED) is 0.622. The molecule has 0 bridgehead atoms. The first kappa shape index (κ1) is 15.6. The van der Waals surface area contributed by atoms with Crippen molar-refractivity contribution in [3.8, 4) is 0 Å². The van der Waals surface area contributed by atoms with Crippen molar-refractivity contribution in [2.75, 3.05) is 17.6 Å². The van der Waals surface area contributed by atoms with E-state index in [2.05, 4.69) is 15.6 Å². The van der Waals surface area contributed by atoms with Crippen LogP contribution in [0.1, 0.15) is 42.8 Å². The molecule has 0 unspecified atom stereocenters. The zero-order valence-corrected chi connectivity index (χ0v) is 13.0. The van der Waals surface area contributed by atoms with E-state index >= 15 is 0 Å². The molecule has 1 aliphatic carbocycles. The maximum Gasteiger partial charge on any atom is 0.265 e. The number of nitrogens with zero attached hydrogens (tertiary/aromatic N) is 1. The number of hydrogen-bond donors (Lipinski definition) is 4. The number of amides is 2. The second-order valence-corrected chi connectivity index (χ2v) is 6.94. The minimum atomic E-state index is -0.803. The van der Waals surface area contributed by atoms with Gasteiger partial charge in [0.1, 0.15) is 10.7 Å². The predicted octanol–water partition coefficient (Wildman–Crippen LogP) is 0.931. The normalized spacial score (nSPS) is 15.3. The van der Waals surface area contributed by atoms with Crippen LogP contribution in [0.4, 0.5) is 10.9 Å². The van der Waals surface area contributed by atoms with E-state index in [-0.39, 0.29) is 18.3 Å². The van der Waals surface area contributed by atoms with Crippen LogP contribution < -0.4 is 22.1 Å². The highest BCUT2D eigenvalue weighted by Crippen LogP contribution is 2.29. The van der Waals surface area contributed by atoms with Gasteiger partial charge in [0, 0.05) is 12.6 Å². The zero-order valence-electron chi connectivity index (χ0n) is 12.2. The number of nitrogen functional groups attached to an aromatic ring is 1. The van der Waals surface area contributed by atoms with Gasteiger partial charge < -0.3 is 22.1 Å². The average Bonchev–Trinajstić information content (AvgIpc) is 2.72. The van der Waals surface area contributed by atoms with Gasteiger partial charge >= 0.3 is 0 Å². The number of anilines is 2. The number of primary amides is 1. The first-order valence-electron chi connectivity index (χ1n) is 6.90. The predicted molar refractivity (Wildman–Crippen MR) is 83.1 cm³/mol. The van der Waals surface area contributed by atoms with Gasteiger partial charge in [0.2, 0.25) is 5.91 Å². The lowest BCUT2D eigenvalue weighted by Crippen LogP contribution is -2.42. The summed E-state index contributed by atoms with van der Waals surface area (Å²) in [5.41, 5.74) is 10.3. The molecule has 1 aliphatic rings. The SMILES string of the molecule is CC(C)(CNC(=O)c1sc(NC2CCC2)nc1N)C(N)=O. The van der Waals surface area contributed by atoms with Gasteiger partial charge in [-0.2, -0.15) is 0 Å². The second kappa shape index (κ2) is 5.88. The smallest absolute Gasteiger partial charge is 0.265 e. The molecule has 0 aromatic carbocycles. The number of carbonyl (C=O) groups excluding carboxylic acids is 2. The van der Waals surface area contributed by atoms with Gasteiger partial charge in [-0.15, -0.1) is 0 Å². The number of rotatable bonds is 6. The number of aromatic nitrogens is 1. The van der Waals surface area contributed by atoms with Crippen LogP contribution in [0.5, 0.6) is 0 Å². The van der Waals surface area contributed by atoms with Gasteiger partial charge in [0.25, 0.3) is 5.91 Å². The number of carbonyl (C=O) groups is 2. The molecule has 21 heavy (non-hydrogen) atoms. The largest absolute Gasteiger partial charge is 0.382 e. The summed E-state index contributed by atoms with van der Waals surface area (Å²) in [4.78, 5) is 27.9. The van der Waals surface area contributed by atoms with Crippen LogP contribution in [-0.4, -0.2) is 29.4 Å². The van der Waals surface area contributed by atoms with Crippen LogP contribution in [0.25, 0.3) is 0 Å². The Morgan fingerprint density at radius 2 is 2.10 bits per heavy atom. The fourth-order valence-corrected chi connectivity index (χ4v) is 2.63. The second-order valence-electron chi connectivity index (χ2n) is 5.94. The third-order valence-electron chi connectivity index (χ3n) is 3.65. The van der Waals surface area contributed by atoms with Crippen LogP contribution in [0.15, 0.2) is 0 Å². The summed E-state index contributed by atoms with van der Waals surface area (Å²) < 4.78 is 0. The molecule has 0 radical (unpaired) electrons. The van der Waals surface area contributed by atoms with Crippen molar-refractivity contribution in [1.29, 1.82) is 0 Å². The van der Waals surface area contributed by atoms with E-state index in [1.807, 2.05) is 0 Å². The molecule has 0 atom stereocenters. The Balaban J connectivity index is 1.97. The van der Waals surface area contributed by atoms with Crippen LogP contribution in [0, 0.1) is 5.41 Å². The van der Waals surface area contributed by atoms with Crippen molar-refractivity contribution in [2.24, 2.45) is 11.1 Å². The highest BCUT2D eigenvalue weighted by atomic mass is 32.1. The molecular formula is C13H21N5O2S. The molecule has 6 N–H and O–H groups in total. The van der Waals surface area contributed by atoms with Crippen LogP contribution >= 0.6 is 11.3 Å². The first-order valence-corrected chi connectivity index (χ1v) is 7.72. The first-order chi connectivity index (χ1) is 9.79. The van der Waals surface area contributed by atoms with Crippen LogP contribution in [0.2, 0.25) is 0 Å². The molecular weight excluding hydrogens is 290 g/mol. The Bertz CT molecular complexity index is 551. The van der Waals surface area contributed by atoms with Gasteiger partial charge in [-0.1, -0.05) is 11.3 Å². The number of hydrogen-bond acceptors (Lipinski definition) is 6. The third-order valence-corrected chi connectivity index (χ3v) is 4.65. The minimum absolute atomic E-state index is 0.157. The van der Waals surface area contributed by atoms with Crippen molar-refractivity contribution >= 4 is 34.1 Å². The topological polar surface area (TPSA) is 123 Å². The summed E-state index contributed by atoms with van der Waals surface area (Å²) in [7, 11) is 0. The molecule has 0 spiro atoms. The Labute approximate surface area is 127 Å². The molecule has 2 amide bonds. The Hall–Kier alpha value is -1.83. The van der Waals surface area contributed by atoms with Crippen molar-refractivity contribution < 1.29 is 9.59 Å². The lowest BCUT2D eigenvalue weighted by Gasteiger charge is -2.25. The maximum absolute atomic E-state index is 12.1. The van der Waals surface area contributed by atoms with Gasteiger partial charge in [-0.05, 0) is 33.1 Å². The Morgan fingerprint density at radius 3 is 2.62 bits per heavy atom. The van der Waals surface area contributed by atoms with Crippen molar-refractivity contribution in [3.63, 3.8) is 0 Å². The van der Waals surface area contributed by atoms with E-state index in [1.165, 1.54) is 17.8 Å². The molecule has 2 rings (SSSR count). The van der Waals surface area contributed by atoms with Crippen LogP contribution in [0.3, 0.4) is 0 Å². The molecule has 7 nitrogen and oxygen atoms in total. The van der Waals surface area contributed by atoms with E-state index in [4.69, 9.17) is 11.5 Å². The number of thiazole rings is 1. The molecule has 1 aromatic rings. The van der Waals surface area contributed by atoms with E-state index < -0.39 is 11.3 Å². The fourth-order valence-electron chi connectivity index (χ4n) is 1.75. The highest BCUT2D eigenvalue weighted by Gasteiger charge is 2.27. The van der Waals surface area contributed by atoms with Crippen molar-refractivity contribution in [1.82, 2.24) is 10.3 Å². The fraction of sp³-hybridized carbons (Fsp3) is 0.615. The number of nitrogens with two attached hydrogens (primary N) is 2. The molecule has 1 aromatic heterocycles. The van der Waals surface area contributed by atoms with E-state index in [0.717, 1.165) is 12.8 Å². The lowest BCUT2D eigenvalue weighted by molar-refractivity contribution is -0.125. The summed E-state index contributed by atoms with van der Waals surface area (Å²) in [5, 5.41) is 6.60. The molecule has 1 saturated carbocycles. The van der Waals surface area contributed by atoms with Crippen LogP contribution in [-0.2, 0) is 4.79 Å². The highest BCUT2D eigenvalue weighted by molar-refractivity contribution is 7.18. The minimum Gasteiger partial charge on any atom is -0.382 e. The van der Waals surface area contributed by atoms with Crippen molar-refractivity contribution in [3.05, 3.63) is 4.88 Å². The van der Waals surface area contributed by atoms with E-state index in [0.29, 0.717) is 16.1 Å². The summed E-state index contributed by atoms with van der Waals surface area (Å²) in [6.45, 7) is 3.51. The van der Waals surface area contributed by atoms with Gasteiger partial charge in [0.05, 0.1) is 5.41 Å². The monoisotopic (exact) mass is 311 g/mol. The summed E-state index contributed by atoms with van der Waals surface area (Å²) in [5.74, 6) is -0.593. The van der Waals surface area contributed by atoms with Gasteiger partial charge in [-0.3, -0.25) is 9.59 Å². The summed E-state index contributed by atoms with van der Waals surface area (Å²) in [6.07, 6.45) is 3.45. The molecule has 0 saturated heterocycles. The maximum atomic E-state index is 12.1. The standard InChI is InChI=1S/C13H21N5O2S/c1-13(2,11(15)20)6-16-10(19)8-9(14)18-12(21-8)17-7-4-3-5-7/h7H,3-6,14H2,1-2H3,(H2,15,20)(H,16,19)(H,17,18). The Kier molecular flexibility index (Phi) is 4.36. The van der Waals surface area contributed by atoms with E-state index in [9.17, 15) is 9.59 Å². The van der Waals surface area contributed by atoms with Gasteiger partial charge in [0.15, 0.2) is 5.13 Å². The molecule has 0 aliphatic heterocycles. The molecule has 1 heterocycles. The Morgan fingerprint density at radius 1 is 1.43 bits per heavy atom. The molecule has 1 fully saturated rings. The lowest BCUT2D eigenvalue weighted by atomic mass is 9.93. The summed E-state index contributed by atoms with van der Waals surface area (Å²) >= 11 is 1.23. The average molecular weight is 311 g/mol. The summed E-state index contributed by atoms with van der Waals surface area (Å²) in [6, 6.07) is 0.431. The zero-order chi connectivity index (χ0) is 15.6. The molecule has 116 valence electrons. The van der Waals surface area contributed by atoms with Crippen molar-refractivity contribution in [2.45, 2.75) is 39.2 Å². The molecule has 8 heteroatoms.